The van der Waals surface area contributed by atoms with E-state index in [2.05, 4.69) is 36.2 Å². The maximum absolute atomic E-state index is 12.0. The van der Waals surface area contributed by atoms with Gasteiger partial charge in [-0.2, -0.15) is 0 Å². The first-order chi connectivity index (χ1) is 16.7. The molecule has 12 nitrogen and oxygen atoms in total. The molecule has 0 bridgehead atoms. The summed E-state index contributed by atoms with van der Waals surface area (Å²) >= 11 is 3.47. The third-order valence-electron chi connectivity index (χ3n) is 5.97. The molecule has 1 saturated heterocycles. The van der Waals surface area contributed by atoms with Crippen molar-refractivity contribution < 1.29 is 33.3 Å². The highest BCUT2D eigenvalue weighted by Gasteiger charge is 2.51. The number of esters is 3. The van der Waals surface area contributed by atoms with E-state index in [-0.39, 0.29) is 6.61 Å². The van der Waals surface area contributed by atoms with Gasteiger partial charge in [-0.3, -0.25) is 19.0 Å². The van der Waals surface area contributed by atoms with E-state index in [1.54, 1.807) is 4.57 Å². The Balaban J connectivity index is 1.71. The summed E-state index contributed by atoms with van der Waals surface area (Å²) in [6, 6.07) is 0.295. The van der Waals surface area contributed by atoms with E-state index in [4.69, 9.17) is 18.9 Å². The number of ether oxygens (including phenoxy) is 4. The van der Waals surface area contributed by atoms with Crippen molar-refractivity contribution in [2.24, 2.45) is 0 Å². The molecule has 0 aromatic carbocycles. The summed E-state index contributed by atoms with van der Waals surface area (Å²) in [6.45, 7) is 3.54. The lowest BCUT2D eigenvalue weighted by atomic mass is 9.95. The van der Waals surface area contributed by atoms with Crippen LogP contribution in [-0.2, 0) is 33.3 Å². The van der Waals surface area contributed by atoms with Crippen molar-refractivity contribution in [3.8, 4) is 0 Å². The zero-order valence-electron chi connectivity index (χ0n) is 19.7. The van der Waals surface area contributed by atoms with Gasteiger partial charge in [0.05, 0.1) is 0 Å². The Morgan fingerprint density at radius 3 is 2.40 bits per heavy atom. The van der Waals surface area contributed by atoms with Crippen molar-refractivity contribution >= 4 is 50.8 Å². The van der Waals surface area contributed by atoms with Crippen molar-refractivity contribution in [3.05, 3.63) is 11.1 Å². The fourth-order valence-electron chi connectivity index (χ4n) is 4.55. The number of nitrogens with zero attached hydrogens (tertiary/aromatic N) is 4. The molecule has 2 fully saturated rings. The van der Waals surface area contributed by atoms with Crippen LogP contribution in [0.2, 0.25) is 0 Å². The van der Waals surface area contributed by atoms with Crippen LogP contribution in [0.5, 0.6) is 0 Å². The van der Waals surface area contributed by atoms with Gasteiger partial charge in [0.15, 0.2) is 40.2 Å². The number of hydrogen-bond acceptors (Lipinski definition) is 11. The molecule has 2 aromatic rings. The Morgan fingerprint density at radius 2 is 1.74 bits per heavy atom. The average Bonchev–Trinajstić information content (AvgIpc) is 3.29. The number of aromatic nitrogens is 4. The van der Waals surface area contributed by atoms with Gasteiger partial charge in [-0.05, 0) is 28.8 Å². The van der Waals surface area contributed by atoms with Crippen molar-refractivity contribution in [2.75, 3.05) is 11.9 Å². The average molecular weight is 554 g/mol. The topological polar surface area (TPSA) is 144 Å². The molecule has 4 atom stereocenters. The van der Waals surface area contributed by atoms with Crippen LogP contribution in [0.1, 0.15) is 59.1 Å². The number of imidazole rings is 1. The summed E-state index contributed by atoms with van der Waals surface area (Å²) < 4.78 is 24.2. The molecule has 0 radical (unpaired) electrons. The number of halogens is 1. The predicted molar refractivity (Wildman–Crippen MR) is 125 cm³/mol. The molecule has 35 heavy (non-hydrogen) atoms. The van der Waals surface area contributed by atoms with E-state index in [0.29, 0.717) is 27.8 Å². The van der Waals surface area contributed by atoms with Crippen LogP contribution in [0.15, 0.2) is 11.1 Å². The van der Waals surface area contributed by atoms with Crippen LogP contribution >= 0.6 is 15.9 Å². The summed E-state index contributed by atoms with van der Waals surface area (Å²) in [5.41, 5.74) is 0.949. The first-order valence-electron chi connectivity index (χ1n) is 11.5. The van der Waals surface area contributed by atoms with Gasteiger partial charge in [0.25, 0.3) is 0 Å². The second-order valence-corrected chi connectivity index (χ2v) is 9.35. The first-order valence-corrected chi connectivity index (χ1v) is 12.3. The molecule has 1 aliphatic carbocycles. The highest BCUT2D eigenvalue weighted by Crippen LogP contribution is 2.39. The molecular weight excluding hydrogens is 526 g/mol. The van der Waals surface area contributed by atoms with Crippen molar-refractivity contribution in [3.63, 3.8) is 0 Å². The van der Waals surface area contributed by atoms with Gasteiger partial charge in [-0.1, -0.05) is 19.3 Å². The normalized spacial score (nSPS) is 24.8. The predicted octanol–water partition coefficient (Wildman–Crippen LogP) is 2.66. The van der Waals surface area contributed by atoms with Gasteiger partial charge in [-0.15, -0.1) is 0 Å². The molecule has 0 amide bonds. The standard InChI is InChI=1S/C22H28BrN5O7/c1-11(29)32-9-15-17(33-12(2)30)18(34-13(3)31)21(35-15)28-20-16(27-22(28)23)19(24-10-25-20)26-14-7-5-4-6-8-14/h10,14-15,17-18,21H,4-9H2,1-3H3,(H,24,25,26)/t15-,17?,18?,21-/m1/s1. The molecule has 13 heteroatoms. The molecular formula is C22H28BrN5O7. The zero-order chi connectivity index (χ0) is 25.1. The summed E-state index contributed by atoms with van der Waals surface area (Å²) in [6.07, 6.45) is 3.15. The minimum Gasteiger partial charge on any atom is -0.463 e. The highest BCUT2D eigenvalue weighted by atomic mass is 79.9. The number of nitrogens with one attached hydrogen (secondary N) is 1. The van der Waals surface area contributed by atoms with Crippen LogP contribution in [0, 0.1) is 0 Å². The third kappa shape index (κ3) is 5.72. The minimum absolute atomic E-state index is 0.199. The van der Waals surface area contributed by atoms with Crippen LogP contribution in [0.3, 0.4) is 0 Å². The maximum Gasteiger partial charge on any atom is 0.303 e. The van der Waals surface area contributed by atoms with E-state index in [1.165, 1.54) is 33.5 Å². The third-order valence-corrected chi connectivity index (χ3v) is 6.53. The van der Waals surface area contributed by atoms with Crippen molar-refractivity contribution in [2.45, 2.75) is 83.5 Å². The lowest BCUT2D eigenvalue weighted by molar-refractivity contribution is -0.166. The highest BCUT2D eigenvalue weighted by molar-refractivity contribution is 9.10. The van der Waals surface area contributed by atoms with Crippen LogP contribution in [0.4, 0.5) is 5.82 Å². The van der Waals surface area contributed by atoms with E-state index in [0.717, 1.165) is 25.7 Å². The Kier molecular flexibility index (Phi) is 7.85. The molecule has 1 saturated carbocycles. The lowest BCUT2D eigenvalue weighted by Gasteiger charge is -2.24. The second kappa shape index (κ2) is 10.9. The minimum atomic E-state index is -1.05. The monoisotopic (exact) mass is 553 g/mol. The fraction of sp³-hybridized carbons (Fsp3) is 0.636. The Bertz CT molecular complexity index is 1100. The molecule has 2 unspecified atom stereocenters. The molecule has 1 N–H and O–H groups in total. The molecule has 1 aliphatic heterocycles. The van der Waals surface area contributed by atoms with Crippen LogP contribution < -0.4 is 5.32 Å². The fourth-order valence-corrected chi connectivity index (χ4v) is 5.10. The van der Waals surface area contributed by atoms with Gasteiger partial charge in [-0.25, -0.2) is 15.0 Å². The summed E-state index contributed by atoms with van der Waals surface area (Å²) in [5, 5.41) is 3.47. The Morgan fingerprint density at radius 1 is 1.06 bits per heavy atom. The lowest BCUT2D eigenvalue weighted by Crippen LogP contribution is -2.40. The van der Waals surface area contributed by atoms with Gasteiger partial charge in [0.1, 0.15) is 19.0 Å². The smallest absolute Gasteiger partial charge is 0.303 e. The number of anilines is 1. The van der Waals surface area contributed by atoms with Crippen LogP contribution in [0.25, 0.3) is 11.2 Å². The molecule has 0 spiro atoms. The van der Waals surface area contributed by atoms with Crippen molar-refractivity contribution in [1.82, 2.24) is 19.5 Å². The second-order valence-electron chi connectivity index (χ2n) is 8.64. The van der Waals surface area contributed by atoms with E-state index in [1.807, 2.05) is 0 Å². The summed E-state index contributed by atoms with van der Waals surface area (Å²) in [5.74, 6) is -1.12. The van der Waals surface area contributed by atoms with Gasteiger partial charge in [0, 0.05) is 26.8 Å². The Hall–Kier alpha value is -2.80. The first kappa shape index (κ1) is 25.3. The molecule has 3 heterocycles. The van der Waals surface area contributed by atoms with Crippen LogP contribution in [-0.4, -0.2) is 68.4 Å². The molecule has 2 aliphatic rings. The number of hydrogen-bond donors (Lipinski definition) is 1. The van der Waals surface area contributed by atoms with Gasteiger partial charge in [0.2, 0.25) is 0 Å². The SMILES string of the molecule is CC(=O)OC[C@H]1O[C@@H](n2c(Br)nc3c(NC4CCCCC4)ncnc32)C(OC(C)=O)C1OC(C)=O. The van der Waals surface area contributed by atoms with E-state index in [9.17, 15) is 14.4 Å². The maximum atomic E-state index is 12.0. The van der Waals surface area contributed by atoms with E-state index < -0.39 is 42.4 Å². The number of rotatable bonds is 7. The number of carbonyl (C=O) groups is 3. The van der Waals surface area contributed by atoms with Crippen molar-refractivity contribution in [1.29, 1.82) is 0 Å². The summed E-state index contributed by atoms with van der Waals surface area (Å²) in [4.78, 5) is 48.6. The molecule has 190 valence electrons. The van der Waals surface area contributed by atoms with Gasteiger partial charge >= 0.3 is 17.9 Å². The largest absolute Gasteiger partial charge is 0.463 e. The molecule has 2 aromatic heterocycles. The number of carbonyl (C=O) groups excluding carboxylic acids is 3. The Labute approximate surface area is 210 Å². The van der Waals surface area contributed by atoms with E-state index >= 15 is 0 Å². The number of fused-ring (bicyclic) bond motifs is 1. The summed E-state index contributed by atoms with van der Waals surface area (Å²) in [7, 11) is 0. The van der Waals surface area contributed by atoms with Gasteiger partial charge < -0.3 is 24.3 Å². The molecule has 4 rings (SSSR count). The quantitative estimate of drug-likeness (QED) is 0.306. The zero-order valence-corrected chi connectivity index (χ0v) is 21.3.